The van der Waals surface area contributed by atoms with Gasteiger partial charge in [0.25, 0.3) is 0 Å². The summed E-state index contributed by atoms with van der Waals surface area (Å²) >= 11 is 0. The number of esters is 1. The smallest absolute Gasteiger partial charge is 0.318 e. The summed E-state index contributed by atoms with van der Waals surface area (Å²) in [4.78, 5) is 12.0. The largest absolute Gasteiger partial charge is 0.468 e. The maximum Gasteiger partial charge on any atom is 0.318 e. The molecule has 1 saturated carbocycles. The number of hydrogen-bond donors (Lipinski definition) is 0. The van der Waals surface area contributed by atoms with E-state index >= 15 is 0 Å². The van der Waals surface area contributed by atoms with Gasteiger partial charge in [-0.2, -0.15) is 0 Å². The molecule has 0 radical (unpaired) electrons. The van der Waals surface area contributed by atoms with Crippen molar-refractivity contribution < 1.29 is 14.3 Å². The molecule has 94 valence electrons. The van der Waals surface area contributed by atoms with E-state index in [1.807, 2.05) is 42.5 Å². The van der Waals surface area contributed by atoms with E-state index in [-0.39, 0.29) is 12.1 Å². The van der Waals surface area contributed by atoms with Crippen LogP contribution in [0.2, 0.25) is 0 Å². The molecule has 3 atom stereocenters. The molecule has 2 fully saturated rings. The van der Waals surface area contributed by atoms with Crippen LogP contribution in [0.3, 0.4) is 0 Å². The molecule has 1 aromatic rings. The average Bonchev–Trinajstić information content (AvgIpc) is 2.79. The minimum atomic E-state index is -0.539. The van der Waals surface area contributed by atoms with Crippen LogP contribution < -0.4 is 0 Å². The first-order valence-electron chi connectivity index (χ1n) is 6.23. The number of hydrogen-bond acceptors (Lipinski definition) is 3. The summed E-state index contributed by atoms with van der Waals surface area (Å²) in [7, 11) is 1.44. The summed E-state index contributed by atoms with van der Waals surface area (Å²) < 4.78 is 10.5. The fourth-order valence-electron chi connectivity index (χ4n) is 2.94. The maximum atomic E-state index is 12.0. The van der Waals surface area contributed by atoms with Crippen molar-refractivity contribution >= 4 is 12.0 Å². The molecular formula is C15H16O3. The van der Waals surface area contributed by atoms with E-state index < -0.39 is 5.41 Å². The molecule has 2 aliphatic rings. The van der Waals surface area contributed by atoms with E-state index in [0.717, 1.165) is 18.6 Å². The fourth-order valence-corrected chi connectivity index (χ4v) is 2.94. The molecule has 0 aromatic heterocycles. The zero-order valence-corrected chi connectivity index (χ0v) is 10.3. The van der Waals surface area contributed by atoms with Crippen molar-refractivity contribution in [3.63, 3.8) is 0 Å². The molecule has 3 rings (SSSR count). The molecule has 3 nitrogen and oxygen atoms in total. The first kappa shape index (κ1) is 11.5. The minimum absolute atomic E-state index is 0.0184. The van der Waals surface area contributed by atoms with Gasteiger partial charge in [0, 0.05) is 12.5 Å². The molecule has 1 heterocycles. The molecule has 0 unspecified atom stereocenters. The lowest BCUT2D eigenvalue weighted by Crippen LogP contribution is -2.23. The van der Waals surface area contributed by atoms with Gasteiger partial charge in [-0.25, -0.2) is 0 Å². The van der Waals surface area contributed by atoms with E-state index in [9.17, 15) is 4.79 Å². The summed E-state index contributed by atoms with van der Waals surface area (Å²) in [5.74, 6) is 0.120. The first-order valence-corrected chi connectivity index (χ1v) is 6.23. The zero-order valence-electron chi connectivity index (χ0n) is 10.3. The second-order valence-electron chi connectivity index (χ2n) is 4.86. The van der Waals surface area contributed by atoms with Crippen LogP contribution in [0.5, 0.6) is 0 Å². The van der Waals surface area contributed by atoms with Gasteiger partial charge in [-0.1, -0.05) is 42.5 Å². The highest BCUT2D eigenvalue weighted by atomic mass is 16.5. The van der Waals surface area contributed by atoms with Gasteiger partial charge in [-0.3, -0.25) is 4.79 Å². The lowest BCUT2D eigenvalue weighted by atomic mass is 9.99. The van der Waals surface area contributed by atoms with E-state index in [0.29, 0.717) is 5.92 Å². The van der Waals surface area contributed by atoms with Crippen molar-refractivity contribution in [3.05, 3.63) is 42.0 Å². The number of methoxy groups -OCH3 is 1. The van der Waals surface area contributed by atoms with Crippen molar-refractivity contribution in [3.8, 4) is 0 Å². The van der Waals surface area contributed by atoms with Crippen LogP contribution in [-0.2, 0) is 14.3 Å². The summed E-state index contributed by atoms with van der Waals surface area (Å²) in [5.41, 5.74) is 0.550. The van der Waals surface area contributed by atoms with Crippen LogP contribution in [0.4, 0.5) is 0 Å². The van der Waals surface area contributed by atoms with Crippen LogP contribution in [-0.4, -0.2) is 25.8 Å². The molecule has 0 N–H and O–H groups in total. The quantitative estimate of drug-likeness (QED) is 0.765. The monoisotopic (exact) mass is 244 g/mol. The molecule has 1 aliphatic heterocycles. The van der Waals surface area contributed by atoms with Gasteiger partial charge < -0.3 is 9.47 Å². The number of carbonyl (C=O) groups is 1. The fraction of sp³-hybridized carbons (Fsp3) is 0.400. The molecule has 0 amide bonds. The Labute approximate surface area is 106 Å². The highest BCUT2D eigenvalue weighted by Crippen LogP contribution is 2.62. The Hall–Kier alpha value is -1.61. The van der Waals surface area contributed by atoms with Crippen molar-refractivity contribution in [2.24, 2.45) is 11.3 Å². The molecular weight excluding hydrogens is 228 g/mol. The van der Waals surface area contributed by atoms with Gasteiger partial charge in [-0.05, 0) is 12.0 Å². The summed E-state index contributed by atoms with van der Waals surface area (Å²) in [5, 5.41) is 0. The van der Waals surface area contributed by atoms with Crippen molar-refractivity contribution in [2.75, 3.05) is 13.7 Å². The number of benzene rings is 1. The average molecular weight is 244 g/mol. The molecule has 1 aromatic carbocycles. The summed E-state index contributed by atoms with van der Waals surface area (Å²) in [6.45, 7) is 0.757. The number of fused-ring (bicyclic) bond motifs is 1. The third-order valence-corrected chi connectivity index (χ3v) is 3.96. The van der Waals surface area contributed by atoms with Gasteiger partial charge in [-0.15, -0.1) is 0 Å². The lowest BCUT2D eigenvalue weighted by molar-refractivity contribution is -0.147. The summed E-state index contributed by atoms with van der Waals surface area (Å²) in [6, 6.07) is 9.97. The van der Waals surface area contributed by atoms with Gasteiger partial charge >= 0.3 is 5.97 Å². The van der Waals surface area contributed by atoms with Gasteiger partial charge in [0.05, 0.1) is 13.2 Å². The molecule has 18 heavy (non-hydrogen) atoms. The van der Waals surface area contributed by atoms with E-state index in [1.165, 1.54) is 7.11 Å². The second kappa shape index (κ2) is 4.25. The molecule has 0 bridgehead atoms. The Morgan fingerprint density at radius 3 is 2.83 bits per heavy atom. The second-order valence-corrected chi connectivity index (χ2v) is 4.86. The predicted molar refractivity (Wildman–Crippen MR) is 67.8 cm³/mol. The number of ether oxygens (including phenoxy) is 2. The van der Waals surface area contributed by atoms with Crippen molar-refractivity contribution in [2.45, 2.75) is 12.5 Å². The Morgan fingerprint density at radius 1 is 1.44 bits per heavy atom. The molecule has 1 aliphatic carbocycles. The SMILES string of the molecule is COC(=O)[C@@]1(/C=C/c2ccccc2)[C@@H]2OCC[C@@H]21. The Morgan fingerprint density at radius 2 is 2.22 bits per heavy atom. The van der Waals surface area contributed by atoms with Crippen LogP contribution in [0, 0.1) is 11.3 Å². The van der Waals surface area contributed by atoms with Crippen LogP contribution >= 0.6 is 0 Å². The first-order chi connectivity index (χ1) is 8.79. The topological polar surface area (TPSA) is 35.5 Å². The Kier molecular flexibility index (Phi) is 2.71. The Balaban J connectivity index is 1.84. The summed E-state index contributed by atoms with van der Waals surface area (Å²) in [6.07, 6.45) is 4.91. The van der Waals surface area contributed by atoms with Gasteiger partial charge in [0.15, 0.2) is 0 Å². The van der Waals surface area contributed by atoms with Crippen LogP contribution in [0.25, 0.3) is 6.08 Å². The standard InChI is InChI=1S/C15H16O3/c1-17-14(16)15(12-8-10-18-13(12)15)9-7-11-5-3-2-4-6-11/h2-7,9,12-13H,8,10H2,1H3/b9-7+/t12-,13+,15+/m0/s1. The van der Waals surface area contributed by atoms with Crippen LogP contribution in [0.15, 0.2) is 36.4 Å². The number of rotatable bonds is 3. The Bertz CT molecular complexity index is 468. The van der Waals surface area contributed by atoms with Crippen LogP contribution in [0.1, 0.15) is 12.0 Å². The third kappa shape index (κ3) is 1.58. The zero-order chi connectivity index (χ0) is 12.6. The molecule has 1 saturated heterocycles. The van der Waals surface area contributed by atoms with E-state index in [2.05, 4.69) is 0 Å². The normalized spacial score (nSPS) is 33.4. The van der Waals surface area contributed by atoms with Gasteiger partial charge in [0.1, 0.15) is 5.41 Å². The van der Waals surface area contributed by atoms with Crippen molar-refractivity contribution in [1.29, 1.82) is 0 Å². The lowest BCUT2D eigenvalue weighted by Gasteiger charge is -2.13. The van der Waals surface area contributed by atoms with E-state index in [1.54, 1.807) is 0 Å². The highest BCUT2D eigenvalue weighted by molar-refractivity contribution is 5.86. The minimum Gasteiger partial charge on any atom is -0.468 e. The highest BCUT2D eigenvalue weighted by Gasteiger charge is 2.72. The predicted octanol–water partition coefficient (Wildman–Crippen LogP) is 2.28. The van der Waals surface area contributed by atoms with E-state index in [4.69, 9.17) is 9.47 Å². The molecule has 0 spiro atoms. The van der Waals surface area contributed by atoms with Gasteiger partial charge in [0.2, 0.25) is 0 Å². The number of carbonyl (C=O) groups excluding carboxylic acids is 1. The van der Waals surface area contributed by atoms with Crippen molar-refractivity contribution in [1.82, 2.24) is 0 Å². The third-order valence-electron chi connectivity index (χ3n) is 3.96. The molecule has 3 heteroatoms. The maximum absolute atomic E-state index is 12.0.